The third kappa shape index (κ3) is 11.4. The minimum absolute atomic E-state index is 0.0127. The lowest BCUT2D eigenvalue weighted by Crippen LogP contribution is -2.57. The van der Waals surface area contributed by atoms with E-state index in [1.807, 2.05) is 91.0 Å². The summed E-state index contributed by atoms with van der Waals surface area (Å²) in [6, 6.07) is 28.3. The molecule has 1 aromatic heterocycles. The number of hydroxylamine groups is 2. The summed E-state index contributed by atoms with van der Waals surface area (Å²) in [5.74, 6) is 0. The number of piperidine rings is 1. The number of aromatic nitrogens is 1. The highest BCUT2D eigenvalue weighted by Gasteiger charge is 2.37. The summed E-state index contributed by atoms with van der Waals surface area (Å²) >= 11 is 1.43. The van der Waals surface area contributed by atoms with Gasteiger partial charge in [0.15, 0.2) is 0 Å². The second kappa shape index (κ2) is 17.8. The number of hydrogen-bond donors (Lipinski definition) is 1. The van der Waals surface area contributed by atoms with E-state index in [0.717, 1.165) is 26.8 Å². The highest BCUT2D eigenvalue weighted by Crippen LogP contribution is 2.27. The van der Waals surface area contributed by atoms with Gasteiger partial charge in [-0.1, -0.05) is 91.0 Å². The highest BCUT2D eigenvalue weighted by molar-refractivity contribution is 7.09. The van der Waals surface area contributed by atoms with Crippen molar-refractivity contribution in [3.05, 3.63) is 124 Å². The van der Waals surface area contributed by atoms with Crippen LogP contribution in [-0.4, -0.2) is 65.2 Å². The molecule has 1 aliphatic heterocycles. The van der Waals surface area contributed by atoms with E-state index in [1.54, 1.807) is 11.7 Å². The molecule has 3 aromatic carbocycles. The maximum atomic E-state index is 12.9. The van der Waals surface area contributed by atoms with Crippen molar-refractivity contribution in [1.82, 2.24) is 20.4 Å². The monoisotopic (exact) mass is 674 g/mol. The number of alkyl carbamates (subject to hydrolysis) is 1. The van der Waals surface area contributed by atoms with Crippen LogP contribution in [0, 0.1) is 0 Å². The minimum Gasteiger partial charge on any atom is -0.444 e. The van der Waals surface area contributed by atoms with Gasteiger partial charge in [-0.15, -0.1) is 11.3 Å². The number of carbonyl (C=O) groups excluding carboxylic acids is 3. The van der Waals surface area contributed by atoms with Gasteiger partial charge in [-0.05, 0) is 36.0 Å². The first kappa shape index (κ1) is 34.4. The molecule has 0 atom stereocenters. The predicted octanol–water partition coefficient (Wildman–Crippen LogP) is 6.29. The number of amides is 1. The smallest absolute Gasteiger partial charge is 0.444 e. The number of nitrogens with one attached hydrogen (secondary N) is 1. The lowest BCUT2D eigenvalue weighted by Gasteiger charge is -2.42. The Bertz CT molecular complexity index is 1500. The maximum absolute atomic E-state index is 12.9. The Morgan fingerprint density at radius 3 is 1.81 bits per heavy atom. The topological polar surface area (TPSA) is 129 Å². The van der Waals surface area contributed by atoms with E-state index < -0.39 is 23.9 Å². The average molecular weight is 675 g/mol. The Morgan fingerprint density at radius 2 is 1.29 bits per heavy atom. The molecule has 0 unspecified atom stereocenters. The Hall–Kier alpha value is -4.98. The fraction of sp³-hybridized carbons (Fsp3) is 0.314. The van der Waals surface area contributed by atoms with Crippen molar-refractivity contribution >= 4 is 29.7 Å². The molecule has 0 bridgehead atoms. The Kier molecular flexibility index (Phi) is 12.7. The first-order valence-corrected chi connectivity index (χ1v) is 16.5. The molecule has 0 aliphatic carbocycles. The molecule has 1 saturated heterocycles. The van der Waals surface area contributed by atoms with E-state index in [9.17, 15) is 14.4 Å². The van der Waals surface area contributed by atoms with Crippen LogP contribution in [0.1, 0.15) is 34.4 Å². The van der Waals surface area contributed by atoms with Crippen LogP contribution in [0.25, 0.3) is 0 Å². The van der Waals surface area contributed by atoms with Crippen LogP contribution in [0.15, 0.2) is 103 Å². The van der Waals surface area contributed by atoms with E-state index in [4.69, 9.17) is 23.9 Å². The molecule has 0 radical (unpaired) electrons. The van der Waals surface area contributed by atoms with Crippen LogP contribution >= 0.6 is 11.3 Å². The van der Waals surface area contributed by atoms with Gasteiger partial charge in [0.1, 0.15) is 19.8 Å². The number of hydrogen-bond acceptors (Lipinski definition) is 12. The van der Waals surface area contributed by atoms with Crippen molar-refractivity contribution < 1.29 is 38.3 Å². The number of carbonyl (C=O) groups is 3. The van der Waals surface area contributed by atoms with Crippen LogP contribution < -0.4 is 5.32 Å². The molecule has 0 saturated carbocycles. The van der Waals surface area contributed by atoms with E-state index in [2.05, 4.69) is 15.2 Å². The third-order valence-corrected chi connectivity index (χ3v) is 8.50. The van der Waals surface area contributed by atoms with Crippen molar-refractivity contribution in [3.63, 3.8) is 0 Å². The van der Waals surface area contributed by atoms with E-state index in [0.29, 0.717) is 38.9 Å². The van der Waals surface area contributed by atoms with Crippen LogP contribution in [0.3, 0.4) is 0 Å². The number of benzene rings is 3. The van der Waals surface area contributed by atoms with E-state index in [-0.39, 0.29) is 26.4 Å². The minimum atomic E-state index is -1.03. The van der Waals surface area contributed by atoms with Crippen LogP contribution in [0.4, 0.5) is 14.4 Å². The molecule has 2 heterocycles. The summed E-state index contributed by atoms with van der Waals surface area (Å²) in [4.78, 5) is 55.5. The fourth-order valence-electron chi connectivity index (χ4n) is 5.22. The van der Waals surface area contributed by atoms with Gasteiger partial charge >= 0.3 is 18.4 Å². The summed E-state index contributed by atoms with van der Waals surface area (Å²) < 4.78 is 16.0. The molecule has 4 aromatic rings. The van der Waals surface area contributed by atoms with Crippen molar-refractivity contribution in [2.75, 3.05) is 26.2 Å². The van der Waals surface area contributed by atoms with Gasteiger partial charge in [0, 0.05) is 36.6 Å². The Morgan fingerprint density at radius 1 is 0.750 bits per heavy atom. The summed E-state index contributed by atoms with van der Waals surface area (Å²) in [7, 11) is 0. The number of ether oxygens (including phenoxy) is 3. The zero-order chi connectivity index (χ0) is 33.4. The number of rotatable bonds is 14. The molecule has 48 heavy (non-hydrogen) atoms. The third-order valence-electron chi connectivity index (χ3n) is 7.75. The zero-order valence-corrected chi connectivity index (χ0v) is 27.2. The molecule has 1 aliphatic rings. The van der Waals surface area contributed by atoms with E-state index >= 15 is 0 Å². The second-order valence-electron chi connectivity index (χ2n) is 11.2. The average Bonchev–Trinajstić information content (AvgIpc) is 3.64. The molecule has 12 nitrogen and oxygen atoms in total. The van der Waals surface area contributed by atoms with Gasteiger partial charge in [0.25, 0.3) is 0 Å². The SMILES string of the molecule is O=C(NC1(Cc2ccccc2)CCN(CCN(OC(=O)OCc2ccccc2)OC(=O)OCc2ccccc2)CC1)OCc1cncs1. The standard InChI is InChI=1S/C35H38N4O8S/c40-32(43-26-31-23-36-27-48-31)37-35(22-28-10-4-1-5-11-28)16-18-38(19-17-35)20-21-39(46-33(41)44-24-29-12-6-2-7-13-29)47-34(42)45-25-30-14-8-3-9-15-30/h1-15,23,27H,16-22,24-26H2,(H,37,40). The van der Waals surface area contributed by atoms with Gasteiger partial charge < -0.3 is 24.4 Å². The van der Waals surface area contributed by atoms with Crippen molar-refractivity contribution in [2.45, 2.75) is 44.6 Å². The summed E-state index contributed by atoms with van der Waals surface area (Å²) in [6.45, 7) is 1.77. The molecule has 252 valence electrons. The van der Waals surface area contributed by atoms with E-state index in [1.165, 1.54) is 11.3 Å². The number of thiazole rings is 1. The van der Waals surface area contributed by atoms with Gasteiger partial charge in [-0.3, -0.25) is 14.7 Å². The summed E-state index contributed by atoms with van der Waals surface area (Å²) in [5.41, 5.74) is 3.82. The summed E-state index contributed by atoms with van der Waals surface area (Å²) in [6.07, 6.45) is 1.04. The van der Waals surface area contributed by atoms with Crippen LogP contribution in [-0.2, 0) is 50.1 Å². The second-order valence-corrected chi connectivity index (χ2v) is 12.2. The number of likely N-dealkylation sites (tertiary alicyclic amines) is 1. The van der Waals surface area contributed by atoms with Crippen molar-refractivity contribution in [2.24, 2.45) is 0 Å². The predicted molar refractivity (Wildman–Crippen MR) is 176 cm³/mol. The molecule has 1 amide bonds. The lowest BCUT2D eigenvalue weighted by atomic mass is 9.82. The molecular weight excluding hydrogens is 636 g/mol. The molecule has 1 N–H and O–H groups in total. The van der Waals surface area contributed by atoms with Gasteiger partial charge in [-0.2, -0.15) is 0 Å². The quantitative estimate of drug-likeness (QED) is 0.0921. The van der Waals surface area contributed by atoms with Crippen molar-refractivity contribution in [1.29, 1.82) is 0 Å². The normalized spacial score (nSPS) is 14.1. The zero-order valence-electron chi connectivity index (χ0n) is 26.4. The Labute approximate surface area is 283 Å². The first-order chi connectivity index (χ1) is 23.4. The number of nitrogens with zero attached hydrogens (tertiary/aromatic N) is 3. The Balaban J connectivity index is 1.16. The molecule has 0 spiro atoms. The molecular formula is C35H38N4O8S. The highest BCUT2D eigenvalue weighted by atomic mass is 32.1. The summed E-state index contributed by atoms with van der Waals surface area (Å²) in [5, 5.41) is 3.93. The lowest BCUT2D eigenvalue weighted by molar-refractivity contribution is -0.315. The van der Waals surface area contributed by atoms with Gasteiger partial charge in [0.2, 0.25) is 0 Å². The van der Waals surface area contributed by atoms with Gasteiger partial charge in [0.05, 0.1) is 16.9 Å². The van der Waals surface area contributed by atoms with Gasteiger partial charge in [-0.25, -0.2) is 14.4 Å². The molecule has 5 rings (SSSR count). The maximum Gasteiger partial charge on any atom is 0.530 e. The molecule has 13 heteroatoms. The molecule has 1 fully saturated rings. The first-order valence-electron chi connectivity index (χ1n) is 15.6. The van der Waals surface area contributed by atoms with Crippen LogP contribution in [0.5, 0.6) is 0 Å². The largest absolute Gasteiger partial charge is 0.530 e. The van der Waals surface area contributed by atoms with Crippen molar-refractivity contribution in [3.8, 4) is 0 Å². The van der Waals surface area contributed by atoms with Crippen LogP contribution in [0.2, 0.25) is 0 Å². The fourth-order valence-corrected chi connectivity index (χ4v) is 5.73.